The highest BCUT2D eigenvalue weighted by molar-refractivity contribution is 8.05. The van der Waals surface area contributed by atoms with Gasteiger partial charge < -0.3 is 9.05 Å². The van der Waals surface area contributed by atoms with Gasteiger partial charge >= 0.3 is 7.60 Å². The summed E-state index contributed by atoms with van der Waals surface area (Å²) in [5.74, 6) is -0.216. The fourth-order valence-corrected chi connectivity index (χ4v) is 5.10. The zero-order valence-electron chi connectivity index (χ0n) is 12.3. The molecule has 1 aromatic rings. The van der Waals surface area contributed by atoms with Crippen molar-refractivity contribution in [3.63, 3.8) is 0 Å². The van der Waals surface area contributed by atoms with E-state index in [0.717, 1.165) is 5.56 Å². The molecule has 0 radical (unpaired) electrons. The van der Waals surface area contributed by atoms with Gasteiger partial charge in [0.2, 0.25) is 0 Å². The molecule has 0 aliphatic rings. The summed E-state index contributed by atoms with van der Waals surface area (Å²) in [5, 5.41) is 0. The maximum atomic E-state index is 12.8. The number of hydrogen-bond acceptors (Lipinski definition) is 5. The number of benzene rings is 1. The summed E-state index contributed by atoms with van der Waals surface area (Å²) in [4.78, 5) is 11.7. The molecule has 112 valence electrons. The van der Waals surface area contributed by atoms with Crippen LogP contribution in [-0.2, 0) is 13.6 Å². The topological polar surface area (TPSA) is 52.6 Å². The van der Waals surface area contributed by atoms with Crippen LogP contribution in [0.15, 0.2) is 24.3 Å². The number of aryl methyl sites for hydroxylation is 1. The fraction of sp³-hybridized carbons (Fsp3) is 0.500. The van der Waals surface area contributed by atoms with Crippen LogP contribution < -0.4 is 0 Å². The molecule has 0 saturated carbocycles. The van der Waals surface area contributed by atoms with Gasteiger partial charge in [0.15, 0.2) is 10.8 Å². The fourth-order valence-electron chi connectivity index (χ4n) is 1.85. The molecule has 0 heterocycles. The molecule has 0 fully saturated rings. The van der Waals surface area contributed by atoms with Crippen LogP contribution >= 0.6 is 19.4 Å². The van der Waals surface area contributed by atoms with Crippen molar-refractivity contribution in [2.24, 2.45) is 0 Å². The average molecular weight is 316 g/mol. The zero-order valence-corrected chi connectivity index (χ0v) is 14.0. The molecular weight excluding hydrogens is 295 g/mol. The van der Waals surface area contributed by atoms with Gasteiger partial charge in [0, 0.05) is 5.56 Å². The van der Waals surface area contributed by atoms with E-state index in [9.17, 15) is 9.36 Å². The number of carbonyl (C=O) groups is 1. The Kier molecular flexibility index (Phi) is 6.96. The van der Waals surface area contributed by atoms with Crippen molar-refractivity contribution >= 4 is 25.1 Å². The number of rotatable bonds is 8. The largest absolute Gasteiger partial charge is 0.351 e. The van der Waals surface area contributed by atoms with Crippen LogP contribution in [0.2, 0.25) is 0 Å². The van der Waals surface area contributed by atoms with E-state index < -0.39 is 12.6 Å². The lowest BCUT2D eigenvalue weighted by atomic mass is 10.1. The quantitative estimate of drug-likeness (QED) is 0.533. The smallest absolute Gasteiger partial charge is 0.308 e. The summed E-state index contributed by atoms with van der Waals surface area (Å²) in [5.41, 5.74) is 1.52. The molecule has 0 bridgehead atoms. The lowest BCUT2D eigenvalue weighted by Crippen LogP contribution is -2.20. The summed E-state index contributed by atoms with van der Waals surface area (Å²) < 4.78 is 23.3. The predicted octanol–water partition coefficient (Wildman–Crippen LogP) is 4.13. The van der Waals surface area contributed by atoms with Gasteiger partial charge in [-0.3, -0.25) is 9.36 Å². The summed E-state index contributed by atoms with van der Waals surface area (Å²) in [6, 6.07) is 7.23. The maximum absolute atomic E-state index is 12.8. The van der Waals surface area contributed by atoms with Gasteiger partial charge in [-0.1, -0.05) is 23.8 Å². The highest BCUT2D eigenvalue weighted by Gasteiger charge is 2.40. The Hall–Kier alpha value is -0.610. The second-order valence-electron chi connectivity index (χ2n) is 4.20. The Labute approximate surface area is 124 Å². The molecule has 1 unspecified atom stereocenters. The van der Waals surface area contributed by atoms with Crippen LogP contribution in [-0.4, -0.2) is 30.2 Å². The Bertz CT molecular complexity index is 494. The molecule has 0 spiro atoms. The number of hydrogen-bond donors (Lipinski definition) is 0. The standard InChI is InChI=1S/C14H21O4PS/c1-5-17-19(16,18-6-2)14(20-4)13(15)12-9-7-8-11(3)10-12/h7-10,14H,5-6H2,1-4H3. The Morgan fingerprint density at radius 2 is 1.90 bits per heavy atom. The van der Waals surface area contributed by atoms with Crippen LogP contribution in [0.5, 0.6) is 0 Å². The SMILES string of the molecule is CCOP(=O)(OCC)C(SC)C(=O)c1cccc(C)c1. The minimum Gasteiger partial charge on any atom is -0.308 e. The molecule has 0 aliphatic heterocycles. The first-order chi connectivity index (χ1) is 9.48. The van der Waals surface area contributed by atoms with Crippen molar-refractivity contribution in [1.82, 2.24) is 0 Å². The summed E-state index contributed by atoms with van der Waals surface area (Å²) in [6.45, 7) is 5.88. The summed E-state index contributed by atoms with van der Waals surface area (Å²) in [7, 11) is -3.45. The van der Waals surface area contributed by atoms with Gasteiger partial charge in [-0.25, -0.2) is 0 Å². The van der Waals surface area contributed by atoms with Crippen molar-refractivity contribution < 1.29 is 18.4 Å². The molecule has 0 N–H and O–H groups in total. The van der Waals surface area contributed by atoms with E-state index in [4.69, 9.17) is 9.05 Å². The van der Waals surface area contributed by atoms with Crippen LogP contribution in [0.4, 0.5) is 0 Å². The summed E-state index contributed by atoms with van der Waals surface area (Å²) in [6.07, 6.45) is 1.74. The normalized spacial score (nSPS) is 13.2. The van der Waals surface area contributed by atoms with E-state index in [2.05, 4.69) is 0 Å². The van der Waals surface area contributed by atoms with Gasteiger partial charge in [-0.05, 0) is 33.1 Å². The van der Waals surface area contributed by atoms with Crippen LogP contribution in [0.1, 0.15) is 29.8 Å². The third-order valence-corrected chi connectivity index (χ3v) is 6.77. The van der Waals surface area contributed by atoms with Gasteiger partial charge in [0.1, 0.15) is 0 Å². The molecule has 1 atom stereocenters. The second kappa shape index (κ2) is 7.99. The van der Waals surface area contributed by atoms with Crippen molar-refractivity contribution in [3.05, 3.63) is 35.4 Å². The number of thioether (sulfide) groups is 1. The number of Topliss-reactive ketones (excluding diaryl/α,β-unsaturated/α-hetero) is 1. The number of ketones is 1. The molecule has 0 aliphatic carbocycles. The van der Waals surface area contributed by atoms with E-state index in [-0.39, 0.29) is 19.0 Å². The lowest BCUT2D eigenvalue weighted by Gasteiger charge is -2.24. The minimum absolute atomic E-state index is 0.216. The maximum Gasteiger partial charge on any atom is 0.351 e. The lowest BCUT2D eigenvalue weighted by molar-refractivity contribution is 0.0995. The van der Waals surface area contributed by atoms with Gasteiger partial charge in [0.25, 0.3) is 0 Å². The third-order valence-electron chi connectivity index (χ3n) is 2.66. The molecule has 1 rings (SSSR count). The number of carbonyl (C=O) groups excluding carboxylic acids is 1. The Balaban J connectivity index is 3.10. The average Bonchev–Trinajstić information content (AvgIpc) is 2.39. The molecule has 1 aromatic carbocycles. The van der Waals surface area contributed by atoms with E-state index >= 15 is 0 Å². The van der Waals surface area contributed by atoms with Crippen LogP contribution in [0.25, 0.3) is 0 Å². The van der Waals surface area contributed by atoms with E-state index in [1.807, 2.05) is 19.1 Å². The van der Waals surface area contributed by atoms with E-state index in [1.165, 1.54) is 11.8 Å². The van der Waals surface area contributed by atoms with Crippen molar-refractivity contribution in [2.75, 3.05) is 19.5 Å². The highest BCUT2D eigenvalue weighted by atomic mass is 32.2. The molecular formula is C14H21O4PS. The van der Waals surface area contributed by atoms with Crippen molar-refractivity contribution in [3.8, 4) is 0 Å². The Morgan fingerprint density at radius 3 is 2.35 bits per heavy atom. The molecule has 20 heavy (non-hydrogen) atoms. The van der Waals surface area contributed by atoms with E-state index in [1.54, 1.807) is 32.2 Å². The molecule has 6 heteroatoms. The summed E-state index contributed by atoms with van der Waals surface area (Å²) >= 11 is 1.20. The predicted molar refractivity (Wildman–Crippen MR) is 83.7 cm³/mol. The van der Waals surface area contributed by atoms with Crippen molar-refractivity contribution in [2.45, 2.75) is 25.8 Å². The molecule has 4 nitrogen and oxygen atoms in total. The van der Waals surface area contributed by atoms with Gasteiger partial charge in [-0.2, -0.15) is 0 Å². The minimum atomic E-state index is -3.45. The molecule has 0 aromatic heterocycles. The monoisotopic (exact) mass is 316 g/mol. The molecule has 0 saturated heterocycles. The highest BCUT2D eigenvalue weighted by Crippen LogP contribution is 2.57. The first-order valence-electron chi connectivity index (χ1n) is 6.51. The second-order valence-corrected chi connectivity index (χ2v) is 7.60. The first-order valence-corrected chi connectivity index (χ1v) is 9.41. The Morgan fingerprint density at radius 1 is 1.30 bits per heavy atom. The van der Waals surface area contributed by atoms with Crippen LogP contribution in [0, 0.1) is 6.92 Å². The van der Waals surface area contributed by atoms with Crippen molar-refractivity contribution in [1.29, 1.82) is 0 Å². The molecule has 0 amide bonds. The van der Waals surface area contributed by atoms with Crippen LogP contribution in [0.3, 0.4) is 0 Å². The van der Waals surface area contributed by atoms with Gasteiger partial charge in [-0.15, -0.1) is 11.8 Å². The van der Waals surface area contributed by atoms with Gasteiger partial charge in [0.05, 0.1) is 13.2 Å². The third kappa shape index (κ3) is 4.19. The van der Waals surface area contributed by atoms with E-state index in [0.29, 0.717) is 5.56 Å². The first kappa shape index (κ1) is 17.4. The zero-order chi connectivity index (χ0) is 15.2.